The maximum atomic E-state index is 11.6. The lowest BCUT2D eigenvalue weighted by Crippen LogP contribution is -2.27. The molecule has 1 aromatic rings. The fourth-order valence-corrected chi connectivity index (χ4v) is 1.45. The minimum atomic E-state index is -0.713. The molecule has 0 spiro atoms. The summed E-state index contributed by atoms with van der Waals surface area (Å²) < 4.78 is 10.3. The quantitative estimate of drug-likeness (QED) is 0.613. The lowest BCUT2D eigenvalue weighted by molar-refractivity contribution is -0.0173. The topological polar surface area (TPSA) is 35.5 Å². The molecule has 1 aromatic carbocycles. The van der Waals surface area contributed by atoms with Gasteiger partial charge in [0.15, 0.2) is 0 Å². The van der Waals surface area contributed by atoms with Gasteiger partial charge >= 0.3 is 6.16 Å². The van der Waals surface area contributed by atoms with Crippen LogP contribution < -0.4 is 0 Å². The first kappa shape index (κ1) is 15.8. The number of rotatable bonds is 4. The third-order valence-corrected chi connectivity index (χ3v) is 2.26. The van der Waals surface area contributed by atoms with E-state index in [4.69, 9.17) is 15.9 Å². The normalized spacial score (nSPS) is 12.7. The highest BCUT2D eigenvalue weighted by atomic mass is 16.7. The van der Waals surface area contributed by atoms with E-state index in [0.717, 1.165) is 5.56 Å². The van der Waals surface area contributed by atoms with E-state index in [1.54, 1.807) is 26.8 Å². The predicted octanol–water partition coefficient (Wildman–Crippen LogP) is 4.04. The SMILES string of the molecule is C#CCC(/C=C/c1ccccc1)OC(=O)OC(C)(C)C. The van der Waals surface area contributed by atoms with Crippen LogP contribution in [0.5, 0.6) is 0 Å². The number of hydrogen-bond acceptors (Lipinski definition) is 3. The molecule has 0 aliphatic rings. The lowest BCUT2D eigenvalue weighted by atomic mass is 10.1. The highest BCUT2D eigenvalue weighted by Crippen LogP contribution is 2.12. The van der Waals surface area contributed by atoms with Crippen molar-refractivity contribution in [3.8, 4) is 12.3 Å². The fraction of sp³-hybridized carbons (Fsp3) is 0.353. The highest BCUT2D eigenvalue weighted by Gasteiger charge is 2.19. The molecule has 1 rings (SSSR count). The molecule has 0 bridgehead atoms. The molecule has 20 heavy (non-hydrogen) atoms. The van der Waals surface area contributed by atoms with Gasteiger partial charge in [0, 0.05) is 6.42 Å². The molecule has 1 atom stereocenters. The molecule has 0 saturated carbocycles. The molecule has 0 N–H and O–H groups in total. The van der Waals surface area contributed by atoms with Crippen molar-refractivity contribution in [1.82, 2.24) is 0 Å². The smallest absolute Gasteiger partial charge is 0.429 e. The summed E-state index contributed by atoms with van der Waals surface area (Å²) in [7, 11) is 0. The standard InChI is InChI=1S/C17H20O3/c1-5-9-15(19-16(18)20-17(2,3)4)13-12-14-10-7-6-8-11-14/h1,6-8,10-13,15H,9H2,2-4H3/b13-12+. The van der Waals surface area contributed by atoms with Gasteiger partial charge in [-0.25, -0.2) is 4.79 Å². The second-order valence-electron chi connectivity index (χ2n) is 5.30. The molecule has 0 aliphatic heterocycles. The molecule has 3 nitrogen and oxygen atoms in total. The molecule has 0 saturated heterocycles. The molecule has 0 fully saturated rings. The fourth-order valence-electron chi connectivity index (χ4n) is 1.45. The Kier molecular flexibility index (Phi) is 5.86. The minimum absolute atomic E-state index is 0.308. The first-order chi connectivity index (χ1) is 9.40. The summed E-state index contributed by atoms with van der Waals surface area (Å²) >= 11 is 0. The number of benzene rings is 1. The third kappa shape index (κ3) is 6.65. The van der Waals surface area contributed by atoms with Crippen molar-refractivity contribution in [2.24, 2.45) is 0 Å². The van der Waals surface area contributed by atoms with Crippen LogP contribution in [0.2, 0.25) is 0 Å². The van der Waals surface area contributed by atoms with Crippen molar-refractivity contribution < 1.29 is 14.3 Å². The molecule has 1 unspecified atom stereocenters. The van der Waals surface area contributed by atoms with E-state index in [-0.39, 0.29) is 0 Å². The van der Waals surface area contributed by atoms with Crippen LogP contribution in [0.15, 0.2) is 36.4 Å². The van der Waals surface area contributed by atoms with Gasteiger partial charge in [0.1, 0.15) is 11.7 Å². The zero-order chi connectivity index (χ0) is 15.0. The summed E-state index contributed by atoms with van der Waals surface area (Å²) in [6.07, 6.45) is 8.02. The van der Waals surface area contributed by atoms with Crippen LogP contribution in [-0.2, 0) is 9.47 Å². The van der Waals surface area contributed by atoms with Crippen molar-refractivity contribution in [2.75, 3.05) is 0 Å². The van der Waals surface area contributed by atoms with Crippen molar-refractivity contribution in [2.45, 2.75) is 38.9 Å². The summed E-state index contributed by atoms with van der Waals surface area (Å²) in [5.74, 6) is 2.49. The minimum Gasteiger partial charge on any atom is -0.429 e. The van der Waals surface area contributed by atoms with E-state index in [9.17, 15) is 4.79 Å². The largest absolute Gasteiger partial charge is 0.509 e. The molecule has 3 heteroatoms. The van der Waals surface area contributed by atoms with Crippen molar-refractivity contribution >= 4 is 12.2 Å². The van der Waals surface area contributed by atoms with Gasteiger partial charge in [-0.1, -0.05) is 36.4 Å². The van der Waals surface area contributed by atoms with Crippen LogP contribution in [0.1, 0.15) is 32.8 Å². The Balaban J connectivity index is 2.63. The average Bonchev–Trinajstić information content (AvgIpc) is 2.35. The summed E-state index contributed by atoms with van der Waals surface area (Å²) in [5.41, 5.74) is 0.434. The number of ether oxygens (including phenoxy) is 2. The number of carbonyl (C=O) groups excluding carboxylic acids is 1. The van der Waals surface area contributed by atoms with Crippen molar-refractivity contribution in [3.63, 3.8) is 0 Å². The van der Waals surface area contributed by atoms with Gasteiger partial charge in [0.25, 0.3) is 0 Å². The van der Waals surface area contributed by atoms with Crippen LogP contribution in [0.25, 0.3) is 6.08 Å². The van der Waals surface area contributed by atoms with E-state index in [2.05, 4.69) is 5.92 Å². The van der Waals surface area contributed by atoms with Crippen LogP contribution in [0.4, 0.5) is 4.79 Å². The van der Waals surface area contributed by atoms with Gasteiger partial charge in [-0.15, -0.1) is 12.3 Å². The summed E-state index contributed by atoms with van der Waals surface area (Å²) in [4.78, 5) is 11.6. The Morgan fingerprint density at radius 1 is 1.35 bits per heavy atom. The van der Waals surface area contributed by atoms with Crippen LogP contribution in [0.3, 0.4) is 0 Å². The van der Waals surface area contributed by atoms with E-state index < -0.39 is 17.9 Å². The van der Waals surface area contributed by atoms with Gasteiger partial charge in [-0.05, 0) is 32.4 Å². The maximum Gasteiger partial charge on any atom is 0.509 e. The van der Waals surface area contributed by atoms with Gasteiger partial charge in [0.05, 0.1) is 0 Å². The summed E-state index contributed by atoms with van der Waals surface area (Å²) in [5, 5.41) is 0. The Morgan fingerprint density at radius 2 is 2.00 bits per heavy atom. The van der Waals surface area contributed by atoms with Gasteiger partial charge < -0.3 is 9.47 Å². The highest BCUT2D eigenvalue weighted by molar-refractivity contribution is 5.61. The van der Waals surface area contributed by atoms with E-state index >= 15 is 0 Å². The lowest BCUT2D eigenvalue weighted by Gasteiger charge is -2.20. The summed E-state index contributed by atoms with van der Waals surface area (Å²) in [6, 6.07) is 9.72. The molecule has 0 radical (unpaired) electrons. The molecule has 0 heterocycles. The molecular formula is C17H20O3. The number of carbonyl (C=O) groups is 1. The van der Waals surface area contributed by atoms with Gasteiger partial charge in [0.2, 0.25) is 0 Å². The Hall–Kier alpha value is -2.21. The van der Waals surface area contributed by atoms with Crippen LogP contribution in [-0.4, -0.2) is 17.9 Å². The zero-order valence-corrected chi connectivity index (χ0v) is 12.1. The van der Waals surface area contributed by atoms with Crippen LogP contribution >= 0.6 is 0 Å². The Labute approximate surface area is 120 Å². The molecule has 0 aromatic heterocycles. The molecule has 0 amide bonds. The van der Waals surface area contributed by atoms with E-state index in [1.807, 2.05) is 36.4 Å². The van der Waals surface area contributed by atoms with Crippen molar-refractivity contribution in [3.05, 3.63) is 42.0 Å². The maximum absolute atomic E-state index is 11.6. The second kappa shape index (κ2) is 7.40. The van der Waals surface area contributed by atoms with E-state index in [1.165, 1.54) is 0 Å². The van der Waals surface area contributed by atoms with Crippen LogP contribution in [0, 0.1) is 12.3 Å². The van der Waals surface area contributed by atoms with Gasteiger partial charge in [-0.2, -0.15) is 0 Å². The monoisotopic (exact) mass is 272 g/mol. The Bertz CT molecular complexity index is 489. The first-order valence-corrected chi connectivity index (χ1v) is 6.47. The number of hydrogen-bond donors (Lipinski definition) is 0. The summed E-state index contributed by atoms with van der Waals surface area (Å²) in [6.45, 7) is 5.35. The predicted molar refractivity (Wildman–Crippen MR) is 80.0 cm³/mol. The van der Waals surface area contributed by atoms with E-state index in [0.29, 0.717) is 6.42 Å². The molecule has 106 valence electrons. The zero-order valence-electron chi connectivity index (χ0n) is 12.1. The first-order valence-electron chi connectivity index (χ1n) is 6.47. The van der Waals surface area contributed by atoms with Gasteiger partial charge in [-0.3, -0.25) is 0 Å². The molecular weight excluding hydrogens is 252 g/mol. The molecule has 0 aliphatic carbocycles. The van der Waals surface area contributed by atoms with Crippen molar-refractivity contribution in [1.29, 1.82) is 0 Å². The number of terminal acetylenes is 1. The average molecular weight is 272 g/mol. The third-order valence-electron chi connectivity index (χ3n) is 2.26. The second-order valence-corrected chi connectivity index (χ2v) is 5.30. The Morgan fingerprint density at radius 3 is 2.55 bits per heavy atom.